The van der Waals surface area contributed by atoms with Gasteiger partial charge in [0.1, 0.15) is 5.78 Å². The first-order valence-electron chi connectivity index (χ1n) is 3.20. The topological polar surface area (TPSA) is 83.6 Å². The van der Waals surface area contributed by atoms with Crippen LogP contribution in [0, 0.1) is 5.92 Å². The zero-order valence-electron chi connectivity index (χ0n) is 6.19. The average molecular weight is 167 g/mol. The highest BCUT2D eigenvalue weighted by Gasteiger charge is 2.28. The van der Waals surface area contributed by atoms with Crippen molar-refractivity contribution in [1.82, 2.24) is 0 Å². The maximum Gasteiger partial charge on any atom is 0.342 e. The summed E-state index contributed by atoms with van der Waals surface area (Å²) in [6.45, 7) is 3.57. The van der Waals surface area contributed by atoms with Crippen molar-refractivity contribution in [2.24, 2.45) is 11.7 Å². The summed E-state index contributed by atoms with van der Waals surface area (Å²) in [7, 11) is -4.05. The monoisotopic (exact) mass is 167 g/mol. The summed E-state index contributed by atoms with van der Waals surface area (Å²) in [5.74, 6) is -1.13. The number of rotatable bonds is 3. The van der Waals surface area contributed by atoms with Crippen LogP contribution in [0.2, 0.25) is 0 Å². The van der Waals surface area contributed by atoms with Gasteiger partial charge in [-0.15, -0.1) is 0 Å². The van der Waals surface area contributed by atoms with E-state index in [0.717, 1.165) is 0 Å². The molecule has 0 aliphatic rings. The third-order valence-corrected chi connectivity index (χ3v) is 2.90. The van der Waals surface area contributed by atoms with E-state index in [-0.39, 0.29) is 5.92 Å². The molecule has 0 aromatic rings. The van der Waals surface area contributed by atoms with Gasteiger partial charge in [0.15, 0.2) is 0 Å². The maximum absolute atomic E-state index is 10.5. The molecule has 10 heavy (non-hydrogen) atoms. The Labute approximate surface area is 60.6 Å². The van der Waals surface area contributed by atoms with Gasteiger partial charge in [-0.2, -0.15) is 0 Å². The fourth-order valence-electron chi connectivity index (χ4n) is 0.573. The van der Waals surface area contributed by atoms with Gasteiger partial charge in [0.25, 0.3) is 0 Å². The van der Waals surface area contributed by atoms with E-state index in [1.165, 1.54) is 0 Å². The van der Waals surface area contributed by atoms with Crippen molar-refractivity contribution in [1.29, 1.82) is 0 Å². The quantitative estimate of drug-likeness (QED) is 0.534. The predicted octanol–water partition coefficient (Wildman–Crippen LogP) is 0.495. The van der Waals surface area contributed by atoms with E-state index in [2.05, 4.69) is 0 Å². The van der Waals surface area contributed by atoms with Crippen molar-refractivity contribution in [2.45, 2.75) is 26.1 Å². The van der Waals surface area contributed by atoms with Gasteiger partial charge in [-0.05, 0) is 5.92 Å². The molecule has 0 unspecified atom stereocenters. The number of hydrogen-bond acceptors (Lipinski definition) is 2. The van der Waals surface area contributed by atoms with E-state index in [4.69, 9.17) is 15.5 Å². The molecule has 0 aromatic carbocycles. The van der Waals surface area contributed by atoms with E-state index in [1.54, 1.807) is 6.92 Å². The van der Waals surface area contributed by atoms with Crippen LogP contribution in [0.4, 0.5) is 0 Å². The minimum Gasteiger partial charge on any atom is -0.323 e. The first-order valence-corrected chi connectivity index (χ1v) is 4.88. The lowest BCUT2D eigenvalue weighted by Crippen LogP contribution is -2.27. The van der Waals surface area contributed by atoms with Crippen molar-refractivity contribution in [3.63, 3.8) is 0 Å². The van der Waals surface area contributed by atoms with Gasteiger partial charge < -0.3 is 15.5 Å². The number of hydrogen-bond donors (Lipinski definition) is 3. The summed E-state index contributed by atoms with van der Waals surface area (Å²) >= 11 is 0. The van der Waals surface area contributed by atoms with Crippen molar-refractivity contribution in [2.75, 3.05) is 0 Å². The van der Waals surface area contributed by atoms with Crippen molar-refractivity contribution in [3.05, 3.63) is 0 Å². The maximum atomic E-state index is 10.5. The molecule has 0 aliphatic heterocycles. The highest BCUT2D eigenvalue weighted by Crippen LogP contribution is 2.42. The molecular weight excluding hydrogens is 153 g/mol. The van der Waals surface area contributed by atoms with Crippen LogP contribution < -0.4 is 5.73 Å². The normalized spacial score (nSPS) is 18.5. The third kappa shape index (κ3) is 2.80. The van der Waals surface area contributed by atoms with E-state index < -0.39 is 13.4 Å². The van der Waals surface area contributed by atoms with E-state index in [1.807, 2.05) is 6.92 Å². The molecule has 0 radical (unpaired) electrons. The molecule has 0 heterocycles. The molecule has 0 aromatic heterocycles. The smallest absolute Gasteiger partial charge is 0.323 e. The Balaban J connectivity index is 4.08. The summed E-state index contributed by atoms with van der Waals surface area (Å²) in [6.07, 6.45) is 0.687. The van der Waals surface area contributed by atoms with Gasteiger partial charge in [-0.25, -0.2) is 0 Å². The standard InChI is InChI=1S/C5H14NO3P/c1-3-4(2)5(6)10(7,8)9/h4-5H,3,6H2,1-2H3,(H2,7,8,9)/t4-,5+/m0/s1. The lowest BCUT2D eigenvalue weighted by atomic mass is 10.1. The molecule has 0 rings (SSSR count). The van der Waals surface area contributed by atoms with E-state index >= 15 is 0 Å². The second kappa shape index (κ2) is 3.49. The van der Waals surface area contributed by atoms with Crippen LogP contribution in [0.15, 0.2) is 0 Å². The lowest BCUT2D eigenvalue weighted by Gasteiger charge is -2.18. The van der Waals surface area contributed by atoms with Gasteiger partial charge in [0.2, 0.25) is 0 Å². The van der Waals surface area contributed by atoms with Crippen LogP contribution in [0.5, 0.6) is 0 Å². The van der Waals surface area contributed by atoms with Crippen molar-refractivity contribution >= 4 is 7.60 Å². The Hall–Kier alpha value is 0.110. The molecule has 0 saturated carbocycles. The summed E-state index contributed by atoms with van der Waals surface area (Å²) < 4.78 is 10.5. The lowest BCUT2D eigenvalue weighted by molar-refractivity contribution is 0.336. The largest absolute Gasteiger partial charge is 0.342 e. The zero-order valence-corrected chi connectivity index (χ0v) is 7.08. The van der Waals surface area contributed by atoms with Gasteiger partial charge >= 0.3 is 7.60 Å². The molecule has 0 amide bonds. The SMILES string of the molecule is CC[C@H](C)[C@H](N)P(=O)(O)O. The van der Waals surface area contributed by atoms with Gasteiger partial charge in [0, 0.05) is 0 Å². The van der Waals surface area contributed by atoms with Crippen LogP contribution >= 0.6 is 7.60 Å². The third-order valence-electron chi connectivity index (χ3n) is 1.62. The van der Waals surface area contributed by atoms with Crippen LogP contribution in [0.1, 0.15) is 20.3 Å². The molecule has 4 N–H and O–H groups in total. The Bertz CT molecular complexity index is 144. The summed E-state index contributed by atoms with van der Waals surface area (Å²) in [6, 6.07) is 0. The Morgan fingerprint density at radius 1 is 1.60 bits per heavy atom. The number of nitrogens with two attached hydrogens (primary N) is 1. The molecule has 5 heteroatoms. The second-order valence-electron chi connectivity index (χ2n) is 2.47. The van der Waals surface area contributed by atoms with Gasteiger partial charge in [-0.1, -0.05) is 20.3 Å². The van der Waals surface area contributed by atoms with Crippen LogP contribution in [-0.4, -0.2) is 15.6 Å². The van der Waals surface area contributed by atoms with Crippen LogP contribution in [0.3, 0.4) is 0 Å². The predicted molar refractivity (Wildman–Crippen MR) is 39.5 cm³/mol. The molecule has 0 spiro atoms. The minimum absolute atomic E-state index is 0.124. The zero-order chi connectivity index (χ0) is 8.36. The molecule has 62 valence electrons. The second-order valence-corrected chi connectivity index (χ2v) is 4.24. The highest BCUT2D eigenvalue weighted by atomic mass is 31.2. The van der Waals surface area contributed by atoms with Gasteiger partial charge in [-0.3, -0.25) is 4.57 Å². The Kier molecular flexibility index (Phi) is 3.52. The Morgan fingerprint density at radius 2 is 2.00 bits per heavy atom. The molecule has 0 bridgehead atoms. The molecule has 0 saturated heterocycles. The molecule has 2 atom stereocenters. The van der Waals surface area contributed by atoms with Crippen molar-refractivity contribution in [3.8, 4) is 0 Å². The fourth-order valence-corrected chi connectivity index (χ4v) is 1.45. The van der Waals surface area contributed by atoms with Crippen LogP contribution in [0.25, 0.3) is 0 Å². The summed E-state index contributed by atoms with van der Waals surface area (Å²) in [4.78, 5) is 17.1. The molecular formula is C5H14NO3P. The van der Waals surface area contributed by atoms with Gasteiger partial charge in [0.05, 0.1) is 0 Å². The van der Waals surface area contributed by atoms with E-state index in [9.17, 15) is 4.57 Å². The summed E-state index contributed by atoms with van der Waals surface area (Å²) in [5.41, 5.74) is 5.24. The molecule has 0 fully saturated rings. The Morgan fingerprint density at radius 3 is 2.10 bits per heavy atom. The molecule has 4 nitrogen and oxygen atoms in total. The first kappa shape index (κ1) is 10.1. The first-order chi connectivity index (χ1) is 4.39. The molecule has 0 aliphatic carbocycles. The summed E-state index contributed by atoms with van der Waals surface area (Å²) in [5, 5.41) is 0. The average Bonchev–Trinajstić information content (AvgIpc) is 1.83. The van der Waals surface area contributed by atoms with E-state index in [0.29, 0.717) is 6.42 Å². The minimum atomic E-state index is -4.05. The fraction of sp³-hybridized carbons (Fsp3) is 1.00. The van der Waals surface area contributed by atoms with Crippen molar-refractivity contribution < 1.29 is 14.4 Å². The van der Waals surface area contributed by atoms with Crippen LogP contribution in [-0.2, 0) is 4.57 Å². The highest BCUT2D eigenvalue weighted by molar-refractivity contribution is 7.52.